The summed E-state index contributed by atoms with van der Waals surface area (Å²) >= 11 is 0. The molecule has 3 heterocycles. The lowest BCUT2D eigenvalue weighted by atomic mass is 9.99. The number of aromatic hydroxyl groups is 4. The number of benzene rings is 2. The summed E-state index contributed by atoms with van der Waals surface area (Å²) < 4.78 is 33.3. The van der Waals surface area contributed by atoms with E-state index in [4.69, 9.17) is 28.1 Å². The number of carbonyl (C=O) groups is 1. The lowest BCUT2D eigenvalue weighted by molar-refractivity contribution is -0.277. The number of carbonyl (C=O) groups excluding carboxylic acids is 1. The Morgan fingerprint density at radius 3 is 2.18 bits per heavy atom. The fourth-order valence-corrected chi connectivity index (χ4v) is 5.40. The highest BCUT2D eigenvalue weighted by molar-refractivity contribution is 5.93. The van der Waals surface area contributed by atoms with Crippen molar-refractivity contribution in [1.82, 2.24) is 0 Å². The normalized spacial score (nSPS) is 30.5. The number of esters is 1. The van der Waals surface area contributed by atoms with Crippen molar-refractivity contribution >= 4 is 16.9 Å². The Bertz CT molecular complexity index is 1770. The summed E-state index contributed by atoms with van der Waals surface area (Å²) in [7, 11) is 0. The third-order valence-electron chi connectivity index (χ3n) is 8.66. The average molecular weight is 711 g/mol. The predicted octanol–water partition coefficient (Wildman–Crippen LogP) is -0.736. The minimum absolute atomic E-state index is 0.163. The summed E-state index contributed by atoms with van der Waals surface area (Å²) in [6.07, 6.45) is -16.2. The van der Waals surface area contributed by atoms with Crippen molar-refractivity contribution in [1.29, 1.82) is 0 Å². The first kappa shape index (κ1) is 36.9. The lowest BCUT2D eigenvalue weighted by Crippen LogP contribution is -2.60. The highest BCUT2D eigenvalue weighted by Gasteiger charge is 2.48. The second-order valence-corrected chi connectivity index (χ2v) is 12.1. The van der Waals surface area contributed by atoms with E-state index < -0.39 is 137 Å². The molecule has 3 aromatic rings. The van der Waals surface area contributed by atoms with Gasteiger partial charge in [0, 0.05) is 11.6 Å². The van der Waals surface area contributed by atoms with Gasteiger partial charge in [-0.05, 0) is 31.5 Å². The van der Waals surface area contributed by atoms with Crippen LogP contribution in [0.25, 0.3) is 22.3 Å². The van der Waals surface area contributed by atoms with Crippen molar-refractivity contribution < 1.29 is 84.0 Å². The first-order chi connectivity index (χ1) is 23.6. The number of aliphatic hydroxyl groups is 6. The van der Waals surface area contributed by atoms with E-state index >= 15 is 0 Å². The van der Waals surface area contributed by atoms with Gasteiger partial charge in [0.2, 0.25) is 29.5 Å². The first-order valence-corrected chi connectivity index (χ1v) is 15.5. The molecule has 0 radical (unpaired) electrons. The van der Waals surface area contributed by atoms with Gasteiger partial charge in [0.25, 0.3) is 0 Å². The van der Waals surface area contributed by atoms with Crippen LogP contribution in [0.3, 0.4) is 0 Å². The van der Waals surface area contributed by atoms with E-state index in [1.165, 1.54) is 6.92 Å². The van der Waals surface area contributed by atoms with E-state index in [0.29, 0.717) is 6.42 Å². The number of phenols is 4. The highest BCUT2D eigenvalue weighted by atomic mass is 16.7. The molecule has 2 aliphatic rings. The molecule has 18 heteroatoms. The fraction of sp³-hybridized carbons (Fsp3) is 0.500. The summed E-state index contributed by atoms with van der Waals surface area (Å²) in [6, 6.07) is 3.89. The zero-order chi connectivity index (χ0) is 36.8. The molecule has 0 spiro atoms. The van der Waals surface area contributed by atoms with Crippen LogP contribution in [0.15, 0.2) is 33.5 Å². The second-order valence-electron chi connectivity index (χ2n) is 12.1. The van der Waals surface area contributed by atoms with E-state index in [2.05, 4.69) is 0 Å². The predicted molar refractivity (Wildman–Crippen MR) is 165 cm³/mol. The van der Waals surface area contributed by atoms with Crippen molar-refractivity contribution in [3.8, 4) is 45.8 Å². The van der Waals surface area contributed by atoms with Crippen LogP contribution in [-0.4, -0.2) is 125 Å². The zero-order valence-electron chi connectivity index (χ0n) is 26.8. The van der Waals surface area contributed by atoms with Gasteiger partial charge in [-0.2, -0.15) is 0 Å². The second kappa shape index (κ2) is 14.4. The lowest BCUT2D eigenvalue weighted by Gasteiger charge is -2.41. The van der Waals surface area contributed by atoms with E-state index in [1.54, 1.807) is 13.8 Å². The Labute approximate surface area is 282 Å². The molecule has 10 N–H and O–H groups in total. The largest absolute Gasteiger partial charge is 0.507 e. The van der Waals surface area contributed by atoms with Crippen molar-refractivity contribution in [3.63, 3.8) is 0 Å². The van der Waals surface area contributed by atoms with Crippen molar-refractivity contribution in [3.05, 3.63) is 34.5 Å². The van der Waals surface area contributed by atoms with Gasteiger partial charge in [-0.25, -0.2) is 0 Å². The van der Waals surface area contributed by atoms with Crippen LogP contribution in [0.2, 0.25) is 0 Å². The molecule has 0 bridgehead atoms. The molecule has 2 saturated heterocycles. The molecular weight excluding hydrogens is 672 g/mol. The number of hydrogen-bond donors (Lipinski definition) is 10. The number of ether oxygens (including phenoxy) is 5. The maximum atomic E-state index is 13.9. The Morgan fingerprint density at radius 2 is 1.54 bits per heavy atom. The van der Waals surface area contributed by atoms with Gasteiger partial charge in [-0.3, -0.25) is 9.59 Å². The topological polar surface area (TPSA) is 296 Å². The summed E-state index contributed by atoms with van der Waals surface area (Å²) in [5, 5.41) is 104. The van der Waals surface area contributed by atoms with Gasteiger partial charge < -0.3 is 79.2 Å². The van der Waals surface area contributed by atoms with E-state index in [9.17, 15) is 60.7 Å². The standard InChI is InChI=1S/C32H38O18/c1-4-10(2)30(44)49-28-19(37)11(3)45-32(25(28)43)46-16-8-15(36)18-22(40)29(50-31-24(42)23(41)20(38)17(9-33)47-31)26(48-27(18)21(16)39)12-5-6-13(34)14(35)7-12/h5-8,10-11,17,19-20,23-25,28,31-39,41-43H,4,9H2,1-3H3. The quantitative estimate of drug-likeness (QED) is 0.0743. The molecular formula is C32H38O18. The summed E-state index contributed by atoms with van der Waals surface area (Å²) in [5.74, 6) is -6.32. The van der Waals surface area contributed by atoms with E-state index in [1.807, 2.05) is 0 Å². The number of aliphatic hydroxyl groups excluding tert-OH is 6. The van der Waals surface area contributed by atoms with E-state index in [-0.39, 0.29) is 5.56 Å². The van der Waals surface area contributed by atoms with Gasteiger partial charge in [-0.15, -0.1) is 0 Å². The molecule has 2 fully saturated rings. The minimum atomic E-state index is -1.99. The minimum Gasteiger partial charge on any atom is -0.507 e. The van der Waals surface area contributed by atoms with Gasteiger partial charge in [0.15, 0.2) is 40.8 Å². The summed E-state index contributed by atoms with van der Waals surface area (Å²) in [5.41, 5.74) is -2.09. The molecule has 11 atom stereocenters. The molecule has 0 aliphatic carbocycles. The smallest absolute Gasteiger partial charge is 0.309 e. The average Bonchev–Trinajstić information content (AvgIpc) is 3.09. The molecule has 274 valence electrons. The van der Waals surface area contributed by atoms with Crippen LogP contribution >= 0.6 is 0 Å². The van der Waals surface area contributed by atoms with Crippen molar-refractivity contribution in [2.75, 3.05) is 6.61 Å². The van der Waals surface area contributed by atoms with Crippen molar-refractivity contribution in [2.24, 2.45) is 5.92 Å². The first-order valence-electron chi connectivity index (χ1n) is 15.5. The molecule has 0 amide bonds. The molecule has 1 aromatic heterocycles. The van der Waals surface area contributed by atoms with Gasteiger partial charge >= 0.3 is 5.97 Å². The molecule has 50 heavy (non-hydrogen) atoms. The van der Waals surface area contributed by atoms with Crippen LogP contribution in [0.5, 0.6) is 34.5 Å². The van der Waals surface area contributed by atoms with Crippen LogP contribution in [-0.2, 0) is 19.0 Å². The maximum absolute atomic E-state index is 13.9. The molecule has 18 nitrogen and oxygen atoms in total. The third-order valence-corrected chi connectivity index (χ3v) is 8.66. The third kappa shape index (κ3) is 6.71. The maximum Gasteiger partial charge on any atom is 0.309 e. The van der Waals surface area contributed by atoms with E-state index in [0.717, 1.165) is 24.3 Å². The Kier molecular flexibility index (Phi) is 10.7. The number of fused-ring (bicyclic) bond motifs is 1. The van der Waals surface area contributed by atoms with Crippen LogP contribution < -0.4 is 14.9 Å². The van der Waals surface area contributed by atoms with Gasteiger partial charge in [0.05, 0.1) is 18.6 Å². The summed E-state index contributed by atoms with van der Waals surface area (Å²) in [4.78, 5) is 26.4. The number of hydrogen-bond acceptors (Lipinski definition) is 18. The van der Waals surface area contributed by atoms with Crippen LogP contribution in [0.1, 0.15) is 27.2 Å². The van der Waals surface area contributed by atoms with Gasteiger partial charge in [-0.1, -0.05) is 13.8 Å². The Balaban J connectivity index is 1.59. The molecule has 2 aromatic carbocycles. The highest BCUT2D eigenvalue weighted by Crippen LogP contribution is 2.45. The summed E-state index contributed by atoms with van der Waals surface area (Å²) in [6.45, 7) is 3.91. The molecule has 11 unspecified atom stereocenters. The monoisotopic (exact) mass is 710 g/mol. The van der Waals surface area contributed by atoms with Gasteiger partial charge in [0.1, 0.15) is 41.7 Å². The molecule has 2 aliphatic heterocycles. The Morgan fingerprint density at radius 1 is 0.860 bits per heavy atom. The van der Waals surface area contributed by atoms with Crippen molar-refractivity contribution in [2.45, 2.75) is 88.6 Å². The SMILES string of the molecule is CCC(C)C(=O)OC1C(O)C(C)OC(Oc2cc(O)c3c(=O)c(OC4OC(CO)C(O)C(O)C4O)c(-c4ccc(O)c(O)c4)oc3c2O)C1O. The fourth-order valence-electron chi connectivity index (χ4n) is 5.40. The number of phenolic OH excluding ortho intramolecular Hbond substituents is 4. The zero-order valence-corrected chi connectivity index (χ0v) is 26.8. The molecule has 0 saturated carbocycles. The Hall–Kier alpha value is -4.40. The molecule has 5 rings (SSSR count). The number of rotatable bonds is 9. The van der Waals surface area contributed by atoms with Crippen LogP contribution in [0, 0.1) is 5.92 Å². The van der Waals surface area contributed by atoms with Crippen LogP contribution in [0.4, 0.5) is 0 Å².